The van der Waals surface area contributed by atoms with Gasteiger partial charge in [-0.1, -0.05) is 40.2 Å². The number of aryl methyl sites for hydroxylation is 1. The number of hydrogen-bond donors (Lipinski definition) is 3. The van der Waals surface area contributed by atoms with Gasteiger partial charge in [-0.2, -0.15) is 0 Å². The lowest BCUT2D eigenvalue weighted by Crippen LogP contribution is -2.52. The summed E-state index contributed by atoms with van der Waals surface area (Å²) in [6, 6.07) is 15.0. The van der Waals surface area contributed by atoms with E-state index < -0.39 is 0 Å². The molecule has 4 rings (SSSR count). The molecule has 0 aliphatic heterocycles. The van der Waals surface area contributed by atoms with Crippen molar-refractivity contribution in [1.82, 2.24) is 14.9 Å². The molecule has 144 valence electrons. The average Bonchev–Trinajstić information content (AvgIpc) is 2.97. The number of hydrogen-bond acceptors (Lipinski definition) is 2. The summed E-state index contributed by atoms with van der Waals surface area (Å²) in [6.07, 6.45) is 4.51. The molecule has 6 nitrogen and oxygen atoms in total. The molecule has 1 saturated carbocycles. The van der Waals surface area contributed by atoms with Crippen LogP contribution in [0.1, 0.15) is 30.5 Å². The lowest BCUT2D eigenvalue weighted by molar-refractivity contribution is 0.185. The number of anilines is 1. The maximum Gasteiger partial charge on any atom is 0.330 e. The molecule has 1 aromatic heterocycles. The molecule has 1 fully saturated rings. The maximum atomic E-state index is 12.8. The van der Waals surface area contributed by atoms with E-state index in [1.807, 2.05) is 43.3 Å². The number of carbonyl (C=O) groups excluding carboxylic acids is 1. The van der Waals surface area contributed by atoms with Crippen LogP contribution in [0, 0.1) is 6.92 Å². The molecule has 0 radical (unpaired) electrons. The number of imidazole rings is 1. The highest BCUT2D eigenvalue weighted by Crippen LogP contribution is 2.42. The maximum absolute atomic E-state index is 12.8. The van der Waals surface area contributed by atoms with Gasteiger partial charge >= 0.3 is 11.7 Å². The van der Waals surface area contributed by atoms with Gasteiger partial charge in [-0.25, -0.2) is 9.59 Å². The second-order valence-corrected chi connectivity index (χ2v) is 8.03. The van der Waals surface area contributed by atoms with Crippen LogP contribution in [0.2, 0.25) is 0 Å². The highest BCUT2D eigenvalue weighted by Gasteiger charge is 2.40. The number of aromatic amines is 1. The zero-order valence-corrected chi connectivity index (χ0v) is 17.0. The minimum atomic E-state index is -0.357. The molecule has 28 heavy (non-hydrogen) atoms. The van der Waals surface area contributed by atoms with Gasteiger partial charge in [-0.3, -0.25) is 4.57 Å². The Morgan fingerprint density at radius 1 is 1.18 bits per heavy atom. The summed E-state index contributed by atoms with van der Waals surface area (Å²) >= 11 is 3.51. The van der Waals surface area contributed by atoms with E-state index in [1.54, 1.807) is 16.8 Å². The molecule has 1 heterocycles. The van der Waals surface area contributed by atoms with E-state index in [2.05, 4.69) is 37.6 Å². The Kier molecular flexibility index (Phi) is 4.85. The first-order valence-electron chi connectivity index (χ1n) is 9.20. The summed E-state index contributed by atoms with van der Waals surface area (Å²) in [4.78, 5) is 27.7. The number of H-pyrrole nitrogens is 1. The van der Waals surface area contributed by atoms with Crippen molar-refractivity contribution in [3.63, 3.8) is 0 Å². The number of carbonyl (C=O) groups is 1. The molecule has 0 atom stereocenters. The van der Waals surface area contributed by atoms with E-state index in [1.165, 1.54) is 0 Å². The van der Waals surface area contributed by atoms with Crippen molar-refractivity contribution in [2.45, 2.75) is 31.7 Å². The number of para-hydroxylation sites is 2. The first-order valence-corrected chi connectivity index (χ1v) is 9.99. The normalized spacial score (nSPS) is 14.9. The van der Waals surface area contributed by atoms with Crippen molar-refractivity contribution in [3.8, 4) is 5.69 Å². The van der Waals surface area contributed by atoms with Crippen molar-refractivity contribution >= 4 is 27.6 Å². The third-order valence-corrected chi connectivity index (χ3v) is 5.78. The van der Waals surface area contributed by atoms with Gasteiger partial charge in [0.1, 0.15) is 0 Å². The van der Waals surface area contributed by atoms with Crippen LogP contribution in [0.5, 0.6) is 0 Å². The Morgan fingerprint density at radius 2 is 1.96 bits per heavy atom. The highest BCUT2D eigenvalue weighted by atomic mass is 79.9. The van der Waals surface area contributed by atoms with E-state index in [-0.39, 0.29) is 17.3 Å². The molecule has 0 saturated heterocycles. The van der Waals surface area contributed by atoms with Crippen molar-refractivity contribution in [2.75, 3.05) is 5.32 Å². The van der Waals surface area contributed by atoms with Gasteiger partial charge in [0.2, 0.25) is 0 Å². The molecular weight excluding hydrogens is 420 g/mol. The van der Waals surface area contributed by atoms with Crippen molar-refractivity contribution in [3.05, 3.63) is 80.9 Å². The van der Waals surface area contributed by atoms with E-state index in [0.29, 0.717) is 11.4 Å². The van der Waals surface area contributed by atoms with E-state index >= 15 is 0 Å². The molecule has 3 N–H and O–H groups in total. The number of aromatic nitrogens is 2. The number of benzene rings is 2. The predicted molar refractivity (Wildman–Crippen MR) is 113 cm³/mol. The Labute approximate surface area is 171 Å². The van der Waals surface area contributed by atoms with Crippen LogP contribution in [0.15, 0.2) is 64.0 Å². The fraction of sp³-hybridized carbons (Fsp3) is 0.238. The Hall–Kier alpha value is -2.80. The lowest BCUT2D eigenvalue weighted by Gasteiger charge is -2.43. The molecule has 2 aromatic carbocycles. The quantitative estimate of drug-likeness (QED) is 0.560. The molecule has 1 aliphatic carbocycles. The second-order valence-electron chi connectivity index (χ2n) is 7.11. The fourth-order valence-electron chi connectivity index (χ4n) is 3.70. The largest absolute Gasteiger partial charge is 0.330 e. The Balaban J connectivity index is 1.59. The Morgan fingerprint density at radius 3 is 2.61 bits per heavy atom. The summed E-state index contributed by atoms with van der Waals surface area (Å²) in [5.74, 6) is 0. The zero-order valence-electron chi connectivity index (χ0n) is 15.5. The van der Waals surface area contributed by atoms with Gasteiger partial charge in [-0.15, -0.1) is 0 Å². The van der Waals surface area contributed by atoms with Crippen LogP contribution < -0.4 is 16.3 Å². The molecule has 3 aromatic rings. The van der Waals surface area contributed by atoms with Crippen LogP contribution in [0.3, 0.4) is 0 Å². The van der Waals surface area contributed by atoms with Gasteiger partial charge < -0.3 is 15.6 Å². The minimum absolute atomic E-state index is 0.239. The van der Waals surface area contributed by atoms with Gasteiger partial charge in [0.25, 0.3) is 0 Å². The van der Waals surface area contributed by atoms with Gasteiger partial charge in [0.05, 0.1) is 16.9 Å². The summed E-state index contributed by atoms with van der Waals surface area (Å²) in [6.45, 7) is 1.84. The number of rotatable bonds is 4. The number of urea groups is 1. The number of amides is 2. The molecule has 2 amide bonds. The van der Waals surface area contributed by atoms with Gasteiger partial charge in [0.15, 0.2) is 0 Å². The molecule has 0 spiro atoms. The zero-order chi connectivity index (χ0) is 19.7. The third-order valence-electron chi connectivity index (χ3n) is 5.29. The Bertz CT molecular complexity index is 1080. The van der Waals surface area contributed by atoms with Crippen molar-refractivity contribution < 1.29 is 4.79 Å². The smallest absolute Gasteiger partial charge is 0.328 e. The lowest BCUT2D eigenvalue weighted by atomic mass is 9.72. The molecular formula is C21H21BrN4O2. The fourth-order valence-corrected chi connectivity index (χ4v) is 4.10. The van der Waals surface area contributed by atoms with E-state index in [4.69, 9.17) is 0 Å². The number of nitrogens with zero attached hydrogens (tertiary/aromatic N) is 1. The SMILES string of the molecule is Cc1c[nH]c(=O)n1-c1ccccc1NC(=O)NC1(c2cccc(Br)c2)CCC1. The summed E-state index contributed by atoms with van der Waals surface area (Å²) in [5, 5.41) is 6.08. The van der Waals surface area contributed by atoms with Crippen molar-refractivity contribution in [1.29, 1.82) is 0 Å². The van der Waals surface area contributed by atoms with Gasteiger partial charge in [0, 0.05) is 16.4 Å². The first-order chi connectivity index (χ1) is 13.5. The number of nitrogens with one attached hydrogen (secondary N) is 3. The minimum Gasteiger partial charge on any atom is -0.328 e. The monoisotopic (exact) mass is 440 g/mol. The van der Waals surface area contributed by atoms with E-state index in [9.17, 15) is 9.59 Å². The average molecular weight is 441 g/mol. The van der Waals surface area contributed by atoms with Crippen LogP contribution in [0.4, 0.5) is 10.5 Å². The topological polar surface area (TPSA) is 78.9 Å². The third kappa shape index (κ3) is 3.38. The molecule has 0 bridgehead atoms. The first kappa shape index (κ1) is 18.6. The van der Waals surface area contributed by atoms with Crippen LogP contribution in [-0.4, -0.2) is 15.6 Å². The highest BCUT2D eigenvalue weighted by molar-refractivity contribution is 9.10. The second kappa shape index (κ2) is 7.31. The van der Waals surface area contributed by atoms with Gasteiger partial charge in [-0.05, 0) is 56.0 Å². The van der Waals surface area contributed by atoms with Crippen molar-refractivity contribution in [2.24, 2.45) is 0 Å². The van der Waals surface area contributed by atoms with Crippen LogP contribution in [0.25, 0.3) is 5.69 Å². The van der Waals surface area contributed by atoms with E-state index in [0.717, 1.165) is 35.0 Å². The molecule has 7 heteroatoms. The summed E-state index contributed by atoms with van der Waals surface area (Å²) < 4.78 is 2.54. The predicted octanol–water partition coefficient (Wildman–Crippen LogP) is 4.44. The summed E-state index contributed by atoms with van der Waals surface area (Å²) in [7, 11) is 0. The summed E-state index contributed by atoms with van der Waals surface area (Å²) in [5.41, 5.74) is 2.47. The number of halogens is 1. The van der Waals surface area contributed by atoms with Crippen LogP contribution in [-0.2, 0) is 5.54 Å². The molecule has 1 aliphatic rings. The van der Waals surface area contributed by atoms with Crippen LogP contribution >= 0.6 is 15.9 Å². The standard InChI is InChI=1S/C21H21BrN4O2/c1-14-13-23-20(28)26(14)18-9-3-2-8-17(18)24-19(27)25-21(10-5-11-21)15-6-4-7-16(22)12-15/h2-4,6-9,12-13H,5,10-11H2,1H3,(H,23,28)(H2,24,25,27). The molecule has 0 unspecified atom stereocenters.